The lowest BCUT2D eigenvalue weighted by Gasteiger charge is -2.11. The van der Waals surface area contributed by atoms with Gasteiger partial charge < -0.3 is 0 Å². The molecule has 0 radical (unpaired) electrons. The van der Waals surface area contributed by atoms with Crippen molar-refractivity contribution in [3.8, 4) is 0 Å². The van der Waals surface area contributed by atoms with Gasteiger partial charge in [-0.25, -0.2) is 0 Å². The van der Waals surface area contributed by atoms with E-state index in [2.05, 4.69) is 22.0 Å². The lowest BCUT2D eigenvalue weighted by atomic mass is 9.91. The summed E-state index contributed by atoms with van der Waals surface area (Å²) in [5.41, 5.74) is 3.57. The zero-order valence-corrected chi connectivity index (χ0v) is 13.6. The van der Waals surface area contributed by atoms with E-state index in [1.165, 1.54) is 0 Å². The number of ketones is 1. The van der Waals surface area contributed by atoms with Crippen LogP contribution in [0.4, 0.5) is 0 Å². The average Bonchev–Trinajstić information content (AvgIpc) is 2.46. The summed E-state index contributed by atoms with van der Waals surface area (Å²) >= 11 is 3.44. The third kappa shape index (κ3) is 2.52. The second-order valence-electron chi connectivity index (χ2n) is 5.27. The molecule has 0 saturated heterocycles. The molecule has 3 rings (SSSR count). The Morgan fingerprint density at radius 1 is 0.905 bits per heavy atom. The molecular formula is C19H15BrO. The largest absolute Gasteiger partial charge is 0.289 e. The van der Waals surface area contributed by atoms with E-state index >= 15 is 0 Å². The molecule has 0 aliphatic heterocycles. The molecule has 21 heavy (non-hydrogen) atoms. The molecule has 0 atom stereocenters. The first-order valence-corrected chi connectivity index (χ1v) is 7.66. The van der Waals surface area contributed by atoms with Crippen molar-refractivity contribution in [2.75, 3.05) is 0 Å². The van der Waals surface area contributed by atoms with Crippen LogP contribution < -0.4 is 0 Å². The highest BCUT2D eigenvalue weighted by Crippen LogP contribution is 2.26. The molecule has 0 spiro atoms. The number of carbonyl (C=O) groups is 1. The highest BCUT2D eigenvalue weighted by molar-refractivity contribution is 9.10. The number of benzene rings is 3. The van der Waals surface area contributed by atoms with Gasteiger partial charge in [-0.1, -0.05) is 52.3 Å². The quantitative estimate of drug-likeness (QED) is 0.568. The highest BCUT2D eigenvalue weighted by atomic mass is 79.9. The first-order chi connectivity index (χ1) is 10.1. The van der Waals surface area contributed by atoms with E-state index in [-0.39, 0.29) is 5.78 Å². The van der Waals surface area contributed by atoms with Gasteiger partial charge in [0.25, 0.3) is 0 Å². The fraction of sp³-hybridized carbons (Fsp3) is 0.105. The Bertz CT molecular complexity index is 849. The summed E-state index contributed by atoms with van der Waals surface area (Å²) in [6.45, 7) is 3.96. The fourth-order valence-electron chi connectivity index (χ4n) is 2.70. The minimum atomic E-state index is 0.0919. The van der Waals surface area contributed by atoms with Crippen LogP contribution in [0.5, 0.6) is 0 Å². The van der Waals surface area contributed by atoms with E-state index in [9.17, 15) is 4.79 Å². The molecular weight excluding hydrogens is 324 g/mol. The molecule has 0 saturated carbocycles. The molecule has 0 aromatic heterocycles. The average molecular weight is 339 g/mol. The lowest BCUT2D eigenvalue weighted by molar-refractivity contribution is 0.103. The van der Waals surface area contributed by atoms with E-state index in [0.717, 1.165) is 37.5 Å². The molecule has 0 heterocycles. The summed E-state index contributed by atoms with van der Waals surface area (Å²) in [6, 6.07) is 17.9. The standard InChI is InChI=1S/C19H15BrO/c1-12-7-8-14-5-3-4-6-17(14)18(12)19(21)16-10-9-15(20)11-13(16)2/h3-11H,1-2H3. The fourth-order valence-corrected chi connectivity index (χ4v) is 3.17. The maximum atomic E-state index is 13.0. The Hall–Kier alpha value is -1.93. The Kier molecular flexibility index (Phi) is 3.64. The van der Waals surface area contributed by atoms with Crippen LogP contribution in [0.15, 0.2) is 59.1 Å². The lowest BCUT2D eigenvalue weighted by Crippen LogP contribution is -2.06. The van der Waals surface area contributed by atoms with Crippen LogP contribution in [0.25, 0.3) is 10.8 Å². The van der Waals surface area contributed by atoms with E-state index in [0.29, 0.717) is 0 Å². The van der Waals surface area contributed by atoms with Gasteiger partial charge in [0, 0.05) is 15.6 Å². The molecule has 1 nitrogen and oxygen atoms in total. The molecule has 0 amide bonds. The third-order valence-electron chi connectivity index (χ3n) is 3.80. The smallest absolute Gasteiger partial charge is 0.194 e. The topological polar surface area (TPSA) is 17.1 Å². The molecule has 0 N–H and O–H groups in total. The monoisotopic (exact) mass is 338 g/mol. The van der Waals surface area contributed by atoms with Crippen LogP contribution in [0, 0.1) is 13.8 Å². The first-order valence-electron chi connectivity index (χ1n) is 6.87. The van der Waals surface area contributed by atoms with Crippen LogP contribution in [-0.2, 0) is 0 Å². The summed E-state index contributed by atoms with van der Waals surface area (Å²) in [4.78, 5) is 13.0. The molecule has 0 fully saturated rings. The van der Waals surface area contributed by atoms with Gasteiger partial charge in [-0.3, -0.25) is 4.79 Å². The van der Waals surface area contributed by atoms with Gasteiger partial charge in [-0.05, 0) is 53.9 Å². The van der Waals surface area contributed by atoms with Gasteiger partial charge in [-0.15, -0.1) is 0 Å². The zero-order chi connectivity index (χ0) is 15.0. The van der Waals surface area contributed by atoms with Crippen molar-refractivity contribution in [2.45, 2.75) is 13.8 Å². The third-order valence-corrected chi connectivity index (χ3v) is 4.29. The van der Waals surface area contributed by atoms with E-state index < -0.39 is 0 Å². The molecule has 0 unspecified atom stereocenters. The summed E-state index contributed by atoms with van der Waals surface area (Å²) in [6.07, 6.45) is 0. The van der Waals surface area contributed by atoms with Gasteiger partial charge >= 0.3 is 0 Å². The normalized spacial score (nSPS) is 10.8. The maximum Gasteiger partial charge on any atom is 0.194 e. The van der Waals surface area contributed by atoms with E-state index in [1.807, 2.05) is 62.4 Å². The number of carbonyl (C=O) groups excluding carboxylic acids is 1. The Labute approximate surface area is 132 Å². The van der Waals surface area contributed by atoms with Crippen LogP contribution in [0.1, 0.15) is 27.0 Å². The number of rotatable bonds is 2. The summed E-state index contributed by atoms with van der Waals surface area (Å²) in [5, 5.41) is 2.12. The van der Waals surface area contributed by atoms with Crippen molar-refractivity contribution < 1.29 is 4.79 Å². The number of hydrogen-bond donors (Lipinski definition) is 0. The van der Waals surface area contributed by atoms with Gasteiger partial charge in [0.2, 0.25) is 0 Å². The minimum absolute atomic E-state index is 0.0919. The number of fused-ring (bicyclic) bond motifs is 1. The highest BCUT2D eigenvalue weighted by Gasteiger charge is 2.17. The van der Waals surface area contributed by atoms with Crippen molar-refractivity contribution in [2.24, 2.45) is 0 Å². The molecule has 0 aliphatic carbocycles. The van der Waals surface area contributed by atoms with Gasteiger partial charge in [0.15, 0.2) is 5.78 Å². The van der Waals surface area contributed by atoms with Crippen LogP contribution >= 0.6 is 15.9 Å². The molecule has 104 valence electrons. The summed E-state index contributed by atoms with van der Waals surface area (Å²) < 4.78 is 0.992. The summed E-state index contributed by atoms with van der Waals surface area (Å²) in [7, 11) is 0. The van der Waals surface area contributed by atoms with Crippen molar-refractivity contribution in [1.29, 1.82) is 0 Å². The Balaban J connectivity index is 2.24. The van der Waals surface area contributed by atoms with E-state index in [4.69, 9.17) is 0 Å². The van der Waals surface area contributed by atoms with Crippen LogP contribution in [-0.4, -0.2) is 5.78 Å². The van der Waals surface area contributed by atoms with Gasteiger partial charge in [-0.2, -0.15) is 0 Å². The maximum absolute atomic E-state index is 13.0. The van der Waals surface area contributed by atoms with Crippen LogP contribution in [0.3, 0.4) is 0 Å². The summed E-state index contributed by atoms with van der Waals surface area (Å²) in [5.74, 6) is 0.0919. The number of hydrogen-bond acceptors (Lipinski definition) is 1. The van der Waals surface area contributed by atoms with Crippen molar-refractivity contribution in [3.63, 3.8) is 0 Å². The zero-order valence-electron chi connectivity index (χ0n) is 12.0. The Morgan fingerprint density at radius 3 is 2.43 bits per heavy atom. The van der Waals surface area contributed by atoms with Crippen molar-refractivity contribution in [3.05, 3.63) is 81.3 Å². The minimum Gasteiger partial charge on any atom is -0.289 e. The SMILES string of the molecule is Cc1cc(Br)ccc1C(=O)c1c(C)ccc2ccccc12. The predicted molar refractivity (Wildman–Crippen MR) is 91.0 cm³/mol. The second kappa shape index (κ2) is 5.45. The van der Waals surface area contributed by atoms with Crippen LogP contribution in [0.2, 0.25) is 0 Å². The van der Waals surface area contributed by atoms with Gasteiger partial charge in [0.05, 0.1) is 0 Å². The molecule has 2 heteroatoms. The van der Waals surface area contributed by atoms with Gasteiger partial charge in [0.1, 0.15) is 0 Å². The molecule has 3 aromatic carbocycles. The molecule has 0 aliphatic rings. The van der Waals surface area contributed by atoms with Crippen molar-refractivity contribution >= 4 is 32.5 Å². The van der Waals surface area contributed by atoms with Crippen molar-refractivity contribution in [1.82, 2.24) is 0 Å². The Morgan fingerprint density at radius 2 is 1.67 bits per heavy atom. The number of halogens is 1. The second-order valence-corrected chi connectivity index (χ2v) is 6.18. The first kappa shape index (κ1) is 14.0. The number of aryl methyl sites for hydroxylation is 2. The van der Waals surface area contributed by atoms with E-state index in [1.54, 1.807) is 0 Å². The molecule has 3 aromatic rings. The molecule has 0 bridgehead atoms. The predicted octanol–water partition coefficient (Wildman–Crippen LogP) is 5.45.